The zero-order valence-corrected chi connectivity index (χ0v) is 28.0. The van der Waals surface area contributed by atoms with E-state index >= 15 is 0 Å². The van der Waals surface area contributed by atoms with Gasteiger partial charge in [0.25, 0.3) is 0 Å². The highest BCUT2D eigenvalue weighted by Gasteiger charge is 2.28. The van der Waals surface area contributed by atoms with Crippen molar-refractivity contribution in [2.45, 2.75) is 25.8 Å². The number of piperidine rings is 1. The average Bonchev–Trinajstić information content (AvgIpc) is 3.48. The number of pyridine rings is 1. The van der Waals surface area contributed by atoms with Gasteiger partial charge in [-0.25, -0.2) is 4.98 Å². The molecule has 0 radical (unpaired) electrons. The molecule has 0 unspecified atom stereocenters. The van der Waals surface area contributed by atoms with Gasteiger partial charge in [-0.05, 0) is 73.8 Å². The van der Waals surface area contributed by atoms with E-state index in [4.69, 9.17) is 9.72 Å². The molecule has 2 saturated heterocycles. The van der Waals surface area contributed by atoms with E-state index in [-0.39, 0.29) is 0 Å². The molecule has 13 heteroatoms. The minimum atomic E-state index is -0.456. The standard InChI is InChI=1S/C30H40BrN10OP/c1-20-16-24(26(42-3)17-25(20)40-9-6-21(7-10-40)39-14-12-38(2)13-15-39)35-30-32-18-22(31)28(36-30)34-23-8-11-41-19-33-37-29(41)27(23)43(4)5/h8,11,16-19,21H,6-7,9-10,12-15H2,1-5H3,(H2,32,34,35,36). The first-order chi connectivity index (χ1) is 20.8. The van der Waals surface area contributed by atoms with Gasteiger partial charge in [0, 0.05) is 74.8 Å². The van der Waals surface area contributed by atoms with Crippen molar-refractivity contribution in [3.05, 3.63) is 47.0 Å². The fourth-order valence-electron chi connectivity index (χ4n) is 6.12. The fraction of sp³-hybridized carbons (Fsp3) is 0.467. The number of hydrogen-bond donors (Lipinski definition) is 2. The molecule has 0 spiro atoms. The molecule has 1 aromatic carbocycles. The average molecular weight is 668 g/mol. The summed E-state index contributed by atoms with van der Waals surface area (Å²) in [5, 5.41) is 16.5. The third kappa shape index (κ3) is 6.43. The Morgan fingerprint density at radius 3 is 2.51 bits per heavy atom. The number of aromatic nitrogens is 5. The molecule has 43 heavy (non-hydrogen) atoms. The van der Waals surface area contributed by atoms with Gasteiger partial charge in [-0.1, -0.05) is 7.92 Å². The summed E-state index contributed by atoms with van der Waals surface area (Å²) in [6, 6.07) is 7.00. The van der Waals surface area contributed by atoms with Gasteiger partial charge in [-0.2, -0.15) is 4.98 Å². The van der Waals surface area contributed by atoms with Crippen LogP contribution in [0.5, 0.6) is 5.75 Å². The van der Waals surface area contributed by atoms with Gasteiger partial charge < -0.3 is 25.2 Å². The zero-order chi connectivity index (χ0) is 30.1. The van der Waals surface area contributed by atoms with E-state index in [1.54, 1.807) is 19.6 Å². The Kier molecular flexibility index (Phi) is 9.00. The molecule has 2 N–H and O–H groups in total. The van der Waals surface area contributed by atoms with Gasteiger partial charge in [0.2, 0.25) is 5.95 Å². The van der Waals surface area contributed by atoms with Gasteiger partial charge in [0.05, 0.1) is 23.0 Å². The van der Waals surface area contributed by atoms with E-state index in [0.717, 1.165) is 45.6 Å². The van der Waals surface area contributed by atoms with Gasteiger partial charge in [0.1, 0.15) is 17.9 Å². The highest BCUT2D eigenvalue weighted by atomic mass is 79.9. The first-order valence-electron chi connectivity index (χ1n) is 14.7. The number of fused-ring (bicyclic) bond motifs is 1. The summed E-state index contributed by atoms with van der Waals surface area (Å²) in [5.74, 6) is 1.91. The molecule has 11 nitrogen and oxygen atoms in total. The largest absolute Gasteiger partial charge is 0.494 e. The zero-order valence-electron chi connectivity index (χ0n) is 25.5. The number of nitrogens with one attached hydrogen (secondary N) is 2. The van der Waals surface area contributed by atoms with Crippen molar-refractivity contribution >= 4 is 63.6 Å². The number of piperazine rings is 1. The predicted molar refractivity (Wildman–Crippen MR) is 180 cm³/mol. The third-order valence-corrected chi connectivity index (χ3v) is 10.4. The van der Waals surface area contributed by atoms with Crippen molar-refractivity contribution in [2.24, 2.45) is 0 Å². The number of benzene rings is 1. The second kappa shape index (κ2) is 12.9. The first-order valence-corrected chi connectivity index (χ1v) is 17.8. The number of likely N-dealkylation sites (N-methyl/N-ethyl adjacent to an activating group) is 1. The summed E-state index contributed by atoms with van der Waals surface area (Å²) in [6.07, 6.45) is 7.82. The van der Waals surface area contributed by atoms with Crippen molar-refractivity contribution in [1.82, 2.24) is 34.4 Å². The quantitative estimate of drug-likeness (QED) is 0.258. The molecule has 228 valence electrons. The van der Waals surface area contributed by atoms with Crippen molar-refractivity contribution in [3.8, 4) is 5.75 Å². The van der Waals surface area contributed by atoms with Gasteiger partial charge in [0.15, 0.2) is 5.65 Å². The summed E-state index contributed by atoms with van der Waals surface area (Å²) in [4.78, 5) is 17.0. The van der Waals surface area contributed by atoms with Crippen LogP contribution in [0.1, 0.15) is 18.4 Å². The maximum Gasteiger partial charge on any atom is 0.229 e. The van der Waals surface area contributed by atoms with E-state index in [9.17, 15) is 0 Å². The van der Waals surface area contributed by atoms with Crippen LogP contribution < -0.4 is 25.6 Å². The molecule has 0 amide bonds. The number of anilines is 5. The SMILES string of the molecule is COc1cc(N2CCC(N3CCN(C)CC3)CC2)c(C)cc1Nc1ncc(Br)c(Nc2ccn3cnnc3c2P(C)C)n1. The number of nitrogens with zero attached hydrogens (tertiary/aromatic N) is 8. The summed E-state index contributed by atoms with van der Waals surface area (Å²) < 4.78 is 8.57. The lowest BCUT2D eigenvalue weighted by Gasteiger charge is -2.43. The Morgan fingerprint density at radius 2 is 1.79 bits per heavy atom. The van der Waals surface area contributed by atoms with Crippen molar-refractivity contribution < 1.29 is 4.74 Å². The maximum absolute atomic E-state index is 5.86. The predicted octanol–water partition coefficient (Wildman–Crippen LogP) is 4.67. The van der Waals surface area contributed by atoms with Crippen LogP contribution in [0.2, 0.25) is 0 Å². The minimum absolute atomic E-state index is 0.456. The van der Waals surface area contributed by atoms with Crippen molar-refractivity contribution in [2.75, 3.05) is 82.3 Å². The number of halogens is 1. The van der Waals surface area contributed by atoms with E-state index in [1.165, 1.54) is 50.3 Å². The molecule has 2 aliphatic rings. The topological polar surface area (TPSA) is 99.0 Å². The van der Waals surface area contributed by atoms with Crippen LogP contribution in [-0.4, -0.2) is 107 Å². The molecule has 5 heterocycles. The second-order valence-electron chi connectivity index (χ2n) is 11.6. The normalized spacial score (nSPS) is 17.1. The van der Waals surface area contributed by atoms with Gasteiger partial charge >= 0.3 is 0 Å². The molecule has 2 aliphatic heterocycles. The van der Waals surface area contributed by atoms with Crippen molar-refractivity contribution in [1.29, 1.82) is 0 Å². The van der Waals surface area contributed by atoms with Crippen LogP contribution in [0.25, 0.3) is 5.65 Å². The number of hydrogen-bond acceptors (Lipinski definition) is 10. The second-order valence-corrected chi connectivity index (χ2v) is 14.7. The monoisotopic (exact) mass is 666 g/mol. The lowest BCUT2D eigenvalue weighted by Crippen LogP contribution is -2.52. The smallest absolute Gasteiger partial charge is 0.229 e. The Bertz CT molecular complexity index is 1580. The number of aryl methyl sites for hydroxylation is 1. The minimum Gasteiger partial charge on any atom is -0.494 e. The summed E-state index contributed by atoms with van der Waals surface area (Å²) in [5.41, 5.74) is 5.07. The van der Waals surface area contributed by atoms with Crippen LogP contribution in [0, 0.1) is 6.92 Å². The van der Waals surface area contributed by atoms with E-state index in [2.05, 4.69) is 95.9 Å². The van der Waals surface area contributed by atoms with Gasteiger partial charge in [-0.15, -0.1) is 10.2 Å². The molecule has 0 aliphatic carbocycles. The van der Waals surface area contributed by atoms with Gasteiger partial charge in [-0.3, -0.25) is 9.30 Å². The van der Waals surface area contributed by atoms with Crippen LogP contribution in [0.4, 0.5) is 28.8 Å². The van der Waals surface area contributed by atoms with E-state index in [1.807, 2.05) is 16.7 Å². The van der Waals surface area contributed by atoms with E-state index < -0.39 is 7.92 Å². The maximum atomic E-state index is 5.86. The Morgan fingerprint density at radius 1 is 1.02 bits per heavy atom. The molecular formula is C30H40BrN10OP. The number of rotatable bonds is 8. The summed E-state index contributed by atoms with van der Waals surface area (Å²) in [6.45, 7) is 13.4. The van der Waals surface area contributed by atoms with Crippen LogP contribution >= 0.6 is 23.9 Å². The summed E-state index contributed by atoms with van der Waals surface area (Å²) >= 11 is 3.62. The molecular weight excluding hydrogens is 627 g/mol. The Hall–Kier alpha value is -3.05. The lowest BCUT2D eigenvalue weighted by atomic mass is 10.0. The van der Waals surface area contributed by atoms with E-state index in [0.29, 0.717) is 17.8 Å². The molecule has 0 saturated carbocycles. The third-order valence-electron chi connectivity index (χ3n) is 8.51. The molecule has 0 atom stereocenters. The molecule has 6 rings (SSSR count). The highest BCUT2D eigenvalue weighted by molar-refractivity contribution is 9.10. The Labute approximate surface area is 262 Å². The molecule has 2 fully saturated rings. The number of methoxy groups -OCH3 is 1. The molecule has 3 aromatic heterocycles. The first kappa shape index (κ1) is 30.0. The van der Waals surface area contributed by atoms with Crippen molar-refractivity contribution in [3.63, 3.8) is 0 Å². The lowest BCUT2D eigenvalue weighted by molar-refractivity contribution is 0.0982. The summed E-state index contributed by atoms with van der Waals surface area (Å²) in [7, 11) is 3.48. The number of ether oxygens (including phenoxy) is 1. The van der Waals surface area contributed by atoms with Crippen LogP contribution in [0.3, 0.4) is 0 Å². The Balaban J connectivity index is 1.18. The molecule has 0 bridgehead atoms. The highest BCUT2D eigenvalue weighted by Crippen LogP contribution is 2.37. The fourth-order valence-corrected chi connectivity index (χ4v) is 7.59. The van der Waals surface area contributed by atoms with Crippen LogP contribution in [-0.2, 0) is 0 Å². The van der Waals surface area contributed by atoms with Crippen LogP contribution in [0.15, 0.2) is 41.4 Å². The molecule has 4 aromatic rings.